The average molecular weight is 402 g/mol. The summed E-state index contributed by atoms with van der Waals surface area (Å²) in [6.07, 6.45) is 2.00. The predicted molar refractivity (Wildman–Crippen MR) is 118 cm³/mol. The van der Waals surface area contributed by atoms with Crippen LogP contribution >= 0.6 is 0 Å². The van der Waals surface area contributed by atoms with Crippen molar-refractivity contribution in [1.82, 2.24) is 4.90 Å². The Labute approximate surface area is 177 Å². The molecule has 2 atom stereocenters. The van der Waals surface area contributed by atoms with E-state index in [1.54, 1.807) is 12.1 Å². The molecule has 3 aromatic carbocycles. The summed E-state index contributed by atoms with van der Waals surface area (Å²) < 4.78 is 6.32. The van der Waals surface area contributed by atoms with Gasteiger partial charge in [-0.1, -0.05) is 60.7 Å². The van der Waals surface area contributed by atoms with Gasteiger partial charge in [-0.15, -0.1) is 0 Å². The van der Waals surface area contributed by atoms with Gasteiger partial charge >= 0.3 is 0 Å². The van der Waals surface area contributed by atoms with Crippen molar-refractivity contribution in [3.05, 3.63) is 106 Å². The molecule has 5 nitrogen and oxygen atoms in total. The summed E-state index contributed by atoms with van der Waals surface area (Å²) in [7, 11) is 0. The summed E-state index contributed by atoms with van der Waals surface area (Å²) in [4.78, 5) is 13.0. The predicted octanol–water partition coefficient (Wildman–Crippen LogP) is 5.07. The van der Waals surface area contributed by atoms with Crippen LogP contribution in [0.1, 0.15) is 23.5 Å². The molecule has 0 radical (unpaired) electrons. The van der Waals surface area contributed by atoms with Crippen molar-refractivity contribution in [2.75, 3.05) is 19.6 Å². The van der Waals surface area contributed by atoms with Crippen LogP contribution in [0.2, 0.25) is 0 Å². The van der Waals surface area contributed by atoms with Crippen LogP contribution in [0.4, 0.5) is 5.69 Å². The minimum absolute atomic E-state index is 0.0434. The lowest BCUT2D eigenvalue weighted by Crippen LogP contribution is -2.44. The number of rotatable bonds is 7. The Morgan fingerprint density at radius 3 is 2.27 bits per heavy atom. The Bertz CT molecular complexity index is 945. The number of hydrogen-bond acceptors (Lipinski definition) is 4. The van der Waals surface area contributed by atoms with Crippen molar-refractivity contribution in [3.8, 4) is 5.75 Å². The van der Waals surface area contributed by atoms with Crippen LogP contribution in [0.5, 0.6) is 5.75 Å². The summed E-state index contributed by atoms with van der Waals surface area (Å²) in [6, 6.07) is 27.5. The molecule has 0 amide bonds. The molecule has 1 heterocycles. The van der Waals surface area contributed by atoms with E-state index < -0.39 is 0 Å². The molecule has 0 aliphatic carbocycles. The molecule has 0 bridgehead atoms. The van der Waals surface area contributed by atoms with Crippen molar-refractivity contribution < 1.29 is 9.66 Å². The van der Waals surface area contributed by atoms with E-state index in [4.69, 9.17) is 4.74 Å². The zero-order valence-electron chi connectivity index (χ0n) is 16.9. The number of likely N-dealkylation sites (tertiary alicyclic amines) is 1. The maximum atomic E-state index is 10.9. The molecule has 1 saturated heterocycles. The van der Waals surface area contributed by atoms with E-state index in [9.17, 15) is 10.1 Å². The number of nitro groups is 1. The topological polar surface area (TPSA) is 55.6 Å². The highest BCUT2D eigenvalue weighted by Gasteiger charge is 2.32. The van der Waals surface area contributed by atoms with Crippen LogP contribution in [-0.2, 0) is 6.42 Å². The van der Waals surface area contributed by atoms with Gasteiger partial charge in [0.2, 0.25) is 0 Å². The summed E-state index contributed by atoms with van der Waals surface area (Å²) in [6.45, 7) is 2.94. The molecule has 4 rings (SSSR count). The third-order valence-corrected chi connectivity index (χ3v) is 5.76. The molecule has 1 aliphatic rings. The van der Waals surface area contributed by atoms with Gasteiger partial charge in [0.25, 0.3) is 5.69 Å². The highest BCUT2D eigenvalue weighted by molar-refractivity contribution is 5.36. The van der Waals surface area contributed by atoms with Gasteiger partial charge in [-0.3, -0.25) is 10.1 Å². The average Bonchev–Trinajstić information content (AvgIpc) is 2.80. The number of nitro benzene ring substituents is 1. The van der Waals surface area contributed by atoms with Gasteiger partial charge in [0.05, 0.1) is 4.92 Å². The number of ether oxygens (including phenoxy) is 1. The second kappa shape index (κ2) is 9.55. The van der Waals surface area contributed by atoms with E-state index in [0.717, 1.165) is 32.5 Å². The van der Waals surface area contributed by atoms with Gasteiger partial charge in [0.15, 0.2) is 0 Å². The zero-order chi connectivity index (χ0) is 20.8. The summed E-state index contributed by atoms with van der Waals surface area (Å²) in [5, 5.41) is 10.9. The van der Waals surface area contributed by atoms with E-state index in [1.165, 1.54) is 23.3 Å². The number of non-ortho nitro benzene ring substituents is 1. The zero-order valence-corrected chi connectivity index (χ0v) is 16.9. The third kappa shape index (κ3) is 5.05. The first-order chi connectivity index (χ1) is 14.7. The van der Waals surface area contributed by atoms with E-state index in [1.807, 2.05) is 6.07 Å². The minimum atomic E-state index is -0.387. The lowest BCUT2D eigenvalue weighted by atomic mass is 9.87. The van der Waals surface area contributed by atoms with Crippen LogP contribution in [-0.4, -0.2) is 35.6 Å². The van der Waals surface area contributed by atoms with Crippen LogP contribution < -0.4 is 4.74 Å². The number of benzene rings is 3. The van der Waals surface area contributed by atoms with E-state index in [2.05, 4.69) is 59.5 Å². The lowest BCUT2D eigenvalue weighted by molar-refractivity contribution is -0.384. The first-order valence-corrected chi connectivity index (χ1v) is 10.4. The molecular formula is C25H26N2O3. The van der Waals surface area contributed by atoms with Gasteiger partial charge < -0.3 is 9.64 Å². The Morgan fingerprint density at radius 2 is 1.60 bits per heavy atom. The number of hydrogen-bond donors (Lipinski definition) is 0. The SMILES string of the molecule is O=[N+]([O-])c1ccc(O[C@H]2CCN(CCc3ccccc3)C[C@@H]2c2ccccc2)cc1. The van der Waals surface area contributed by atoms with Gasteiger partial charge in [0.1, 0.15) is 11.9 Å². The third-order valence-electron chi connectivity index (χ3n) is 5.76. The quantitative estimate of drug-likeness (QED) is 0.409. The molecule has 0 N–H and O–H groups in total. The van der Waals surface area contributed by atoms with Crippen LogP contribution in [0.3, 0.4) is 0 Å². The van der Waals surface area contributed by atoms with Gasteiger partial charge in [-0.05, 0) is 36.1 Å². The van der Waals surface area contributed by atoms with E-state index in [0.29, 0.717) is 5.75 Å². The normalized spacial score (nSPS) is 19.3. The molecule has 0 aromatic heterocycles. The highest BCUT2D eigenvalue weighted by Crippen LogP contribution is 2.31. The fourth-order valence-corrected chi connectivity index (χ4v) is 4.12. The van der Waals surface area contributed by atoms with E-state index in [-0.39, 0.29) is 22.6 Å². The maximum absolute atomic E-state index is 10.9. The van der Waals surface area contributed by atoms with Crippen molar-refractivity contribution in [1.29, 1.82) is 0 Å². The molecule has 0 saturated carbocycles. The summed E-state index contributed by atoms with van der Waals surface area (Å²) >= 11 is 0. The second-order valence-electron chi connectivity index (χ2n) is 7.75. The molecule has 30 heavy (non-hydrogen) atoms. The molecule has 1 fully saturated rings. The largest absolute Gasteiger partial charge is 0.490 e. The Hall–Kier alpha value is -3.18. The first-order valence-electron chi connectivity index (χ1n) is 10.4. The standard InChI is InChI=1S/C25H26N2O3/c28-27(29)22-11-13-23(14-12-22)30-25-16-18-26(17-15-20-7-3-1-4-8-20)19-24(25)21-9-5-2-6-10-21/h1-14,24-25H,15-19H2/t24-,25+/m1/s1. The second-order valence-corrected chi connectivity index (χ2v) is 7.75. The summed E-state index contributed by atoms with van der Waals surface area (Å²) in [5.41, 5.74) is 2.71. The molecule has 5 heteroatoms. The van der Waals surface area contributed by atoms with Crippen LogP contribution in [0.15, 0.2) is 84.9 Å². The van der Waals surface area contributed by atoms with Crippen LogP contribution in [0, 0.1) is 10.1 Å². The highest BCUT2D eigenvalue weighted by atomic mass is 16.6. The molecule has 1 aliphatic heterocycles. The first kappa shape index (κ1) is 20.1. The Kier molecular flexibility index (Phi) is 6.40. The Balaban J connectivity index is 1.45. The smallest absolute Gasteiger partial charge is 0.269 e. The molecule has 3 aromatic rings. The number of piperidine rings is 1. The minimum Gasteiger partial charge on any atom is -0.490 e. The van der Waals surface area contributed by atoms with Gasteiger partial charge in [-0.2, -0.15) is 0 Å². The van der Waals surface area contributed by atoms with E-state index >= 15 is 0 Å². The van der Waals surface area contributed by atoms with Gasteiger partial charge in [0, 0.05) is 37.7 Å². The fraction of sp³-hybridized carbons (Fsp3) is 0.280. The monoisotopic (exact) mass is 402 g/mol. The van der Waals surface area contributed by atoms with Crippen LogP contribution in [0.25, 0.3) is 0 Å². The molecule has 0 unspecified atom stereocenters. The summed E-state index contributed by atoms with van der Waals surface area (Å²) in [5.74, 6) is 0.940. The van der Waals surface area contributed by atoms with Crippen molar-refractivity contribution in [2.45, 2.75) is 24.9 Å². The number of nitrogens with zero attached hydrogens (tertiary/aromatic N) is 2. The van der Waals surface area contributed by atoms with Gasteiger partial charge in [-0.25, -0.2) is 0 Å². The Morgan fingerprint density at radius 1 is 0.933 bits per heavy atom. The van der Waals surface area contributed by atoms with Crippen molar-refractivity contribution in [2.24, 2.45) is 0 Å². The molecular weight excluding hydrogens is 376 g/mol. The molecule has 0 spiro atoms. The fourth-order valence-electron chi connectivity index (χ4n) is 4.12. The van der Waals surface area contributed by atoms with Crippen molar-refractivity contribution >= 4 is 5.69 Å². The maximum Gasteiger partial charge on any atom is 0.269 e. The molecule has 154 valence electrons. The van der Waals surface area contributed by atoms with Crippen molar-refractivity contribution in [3.63, 3.8) is 0 Å². The lowest BCUT2D eigenvalue weighted by Gasteiger charge is -2.39.